The van der Waals surface area contributed by atoms with E-state index in [1.54, 1.807) is 0 Å². The molecule has 1 rings (SSSR count). The predicted molar refractivity (Wildman–Crippen MR) is 73.1 cm³/mol. The Bertz CT molecular complexity index is 316. The Balaban J connectivity index is 2.42. The highest BCUT2D eigenvalue weighted by Crippen LogP contribution is 2.21. The molecule has 0 bridgehead atoms. The lowest BCUT2D eigenvalue weighted by molar-refractivity contribution is 0.114. The molecule has 2 heteroatoms. The number of rotatable bonds is 7. The minimum Gasteiger partial charge on any atom is -0.381 e. The van der Waals surface area contributed by atoms with Crippen LogP contribution in [0, 0.1) is 6.92 Å². The molecule has 1 aromatic rings. The first-order chi connectivity index (χ1) is 8.06. The topological polar surface area (TPSA) is 35.2 Å². The standard InChI is InChI=1S/C15H25NO/c1-4-5-11-17-12-10-15(3,16)14-8-6-13(2)7-9-14/h6-9H,4-5,10-12,16H2,1-3H3. The van der Waals surface area contributed by atoms with Crippen LogP contribution in [0.5, 0.6) is 0 Å². The SMILES string of the molecule is CCCCOCCC(C)(N)c1ccc(C)cc1. The highest BCUT2D eigenvalue weighted by Gasteiger charge is 2.20. The van der Waals surface area contributed by atoms with Gasteiger partial charge in [0.25, 0.3) is 0 Å². The molecule has 96 valence electrons. The van der Waals surface area contributed by atoms with Crippen LogP contribution in [0.3, 0.4) is 0 Å². The molecule has 0 saturated carbocycles. The molecular weight excluding hydrogens is 210 g/mol. The van der Waals surface area contributed by atoms with E-state index in [0.29, 0.717) is 0 Å². The molecule has 0 fully saturated rings. The second kappa shape index (κ2) is 6.77. The van der Waals surface area contributed by atoms with Crippen molar-refractivity contribution in [2.24, 2.45) is 5.73 Å². The third kappa shape index (κ3) is 4.88. The minimum atomic E-state index is -0.292. The highest BCUT2D eigenvalue weighted by molar-refractivity contribution is 5.26. The minimum absolute atomic E-state index is 0.292. The maximum absolute atomic E-state index is 6.32. The van der Waals surface area contributed by atoms with Crippen molar-refractivity contribution in [1.29, 1.82) is 0 Å². The number of unbranched alkanes of at least 4 members (excludes halogenated alkanes) is 1. The first kappa shape index (κ1) is 14.2. The van der Waals surface area contributed by atoms with E-state index >= 15 is 0 Å². The molecule has 0 saturated heterocycles. The summed E-state index contributed by atoms with van der Waals surface area (Å²) in [5, 5.41) is 0. The van der Waals surface area contributed by atoms with E-state index in [2.05, 4.69) is 45.0 Å². The molecule has 0 heterocycles. The van der Waals surface area contributed by atoms with Crippen molar-refractivity contribution in [2.75, 3.05) is 13.2 Å². The Morgan fingerprint density at radius 1 is 1.18 bits per heavy atom. The van der Waals surface area contributed by atoms with Crippen LogP contribution in [0.4, 0.5) is 0 Å². The van der Waals surface area contributed by atoms with Crippen LogP contribution in [0.15, 0.2) is 24.3 Å². The third-order valence-electron chi connectivity index (χ3n) is 3.12. The average Bonchev–Trinajstić information content (AvgIpc) is 2.29. The van der Waals surface area contributed by atoms with Gasteiger partial charge in [-0.3, -0.25) is 0 Å². The molecule has 0 amide bonds. The zero-order valence-corrected chi connectivity index (χ0v) is 11.3. The molecule has 0 aliphatic rings. The maximum atomic E-state index is 6.32. The zero-order valence-electron chi connectivity index (χ0n) is 11.3. The highest BCUT2D eigenvalue weighted by atomic mass is 16.5. The summed E-state index contributed by atoms with van der Waals surface area (Å²) in [5.41, 5.74) is 8.48. The molecule has 0 aliphatic carbocycles. The fourth-order valence-electron chi connectivity index (χ4n) is 1.71. The number of ether oxygens (including phenoxy) is 1. The van der Waals surface area contributed by atoms with Gasteiger partial charge in [-0.15, -0.1) is 0 Å². The molecular formula is C15H25NO. The monoisotopic (exact) mass is 235 g/mol. The molecule has 0 aromatic heterocycles. The number of aryl methyl sites for hydroxylation is 1. The molecule has 0 spiro atoms. The van der Waals surface area contributed by atoms with Crippen LogP contribution in [0.2, 0.25) is 0 Å². The van der Waals surface area contributed by atoms with Gasteiger partial charge in [0.2, 0.25) is 0 Å². The van der Waals surface area contributed by atoms with Crippen molar-refractivity contribution in [3.05, 3.63) is 35.4 Å². The second-order valence-electron chi connectivity index (χ2n) is 5.00. The lowest BCUT2D eigenvalue weighted by Gasteiger charge is -2.25. The van der Waals surface area contributed by atoms with Crippen molar-refractivity contribution in [3.63, 3.8) is 0 Å². The Morgan fingerprint density at radius 2 is 1.82 bits per heavy atom. The van der Waals surface area contributed by atoms with E-state index in [0.717, 1.165) is 26.1 Å². The molecule has 2 nitrogen and oxygen atoms in total. The second-order valence-corrected chi connectivity index (χ2v) is 5.00. The van der Waals surface area contributed by atoms with E-state index < -0.39 is 0 Å². The van der Waals surface area contributed by atoms with Gasteiger partial charge in [0.15, 0.2) is 0 Å². The van der Waals surface area contributed by atoms with Crippen molar-refractivity contribution in [2.45, 2.75) is 45.6 Å². The van der Waals surface area contributed by atoms with Gasteiger partial charge in [-0.1, -0.05) is 43.2 Å². The van der Waals surface area contributed by atoms with Gasteiger partial charge in [-0.2, -0.15) is 0 Å². The van der Waals surface area contributed by atoms with Gasteiger partial charge in [0.05, 0.1) is 0 Å². The van der Waals surface area contributed by atoms with E-state index in [1.807, 2.05) is 0 Å². The molecule has 1 aromatic carbocycles. The summed E-state index contributed by atoms with van der Waals surface area (Å²) >= 11 is 0. The fraction of sp³-hybridized carbons (Fsp3) is 0.600. The summed E-state index contributed by atoms with van der Waals surface area (Å²) in [6, 6.07) is 8.44. The van der Waals surface area contributed by atoms with E-state index in [-0.39, 0.29) is 5.54 Å². The van der Waals surface area contributed by atoms with E-state index in [9.17, 15) is 0 Å². The van der Waals surface area contributed by atoms with Gasteiger partial charge in [0, 0.05) is 18.8 Å². The molecule has 1 unspecified atom stereocenters. The summed E-state index contributed by atoms with van der Waals surface area (Å²) in [6.07, 6.45) is 3.17. The van der Waals surface area contributed by atoms with Crippen LogP contribution < -0.4 is 5.73 Å². The molecule has 2 N–H and O–H groups in total. The zero-order chi connectivity index (χ0) is 12.7. The van der Waals surface area contributed by atoms with Gasteiger partial charge >= 0.3 is 0 Å². The fourth-order valence-corrected chi connectivity index (χ4v) is 1.71. The maximum Gasteiger partial charge on any atom is 0.0486 e. The van der Waals surface area contributed by atoms with Crippen LogP contribution in [0.1, 0.15) is 44.2 Å². The number of hydrogen-bond donors (Lipinski definition) is 1. The Morgan fingerprint density at radius 3 is 2.41 bits per heavy atom. The predicted octanol–water partition coefficient (Wildman–Crippen LogP) is 3.38. The largest absolute Gasteiger partial charge is 0.381 e. The summed E-state index contributed by atoms with van der Waals surface area (Å²) in [6.45, 7) is 7.91. The Kier molecular flexibility index (Phi) is 5.66. The molecule has 0 radical (unpaired) electrons. The summed E-state index contributed by atoms with van der Waals surface area (Å²) in [4.78, 5) is 0. The summed E-state index contributed by atoms with van der Waals surface area (Å²) in [5.74, 6) is 0. The lowest BCUT2D eigenvalue weighted by Crippen LogP contribution is -2.34. The molecule has 1 atom stereocenters. The first-order valence-electron chi connectivity index (χ1n) is 6.50. The Labute approximate surface area is 105 Å². The van der Waals surface area contributed by atoms with Gasteiger partial charge in [-0.05, 0) is 32.3 Å². The van der Waals surface area contributed by atoms with Gasteiger partial charge in [0.1, 0.15) is 0 Å². The quantitative estimate of drug-likeness (QED) is 0.735. The summed E-state index contributed by atoms with van der Waals surface area (Å²) < 4.78 is 5.58. The van der Waals surface area contributed by atoms with Crippen molar-refractivity contribution in [1.82, 2.24) is 0 Å². The van der Waals surface area contributed by atoms with Gasteiger partial charge in [-0.25, -0.2) is 0 Å². The van der Waals surface area contributed by atoms with Crippen LogP contribution in [0.25, 0.3) is 0 Å². The van der Waals surface area contributed by atoms with Crippen molar-refractivity contribution in [3.8, 4) is 0 Å². The van der Waals surface area contributed by atoms with Crippen molar-refractivity contribution >= 4 is 0 Å². The van der Waals surface area contributed by atoms with E-state index in [4.69, 9.17) is 10.5 Å². The number of benzene rings is 1. The molecule has 0 aliphatic heterocycles. The van der Waals surface area contributed by atoms with Gasteiger partial charge < -0.3 is 10.5 Å². The van der Waals surface area contributed by atoms with E-state index in [1.165, 1.54) is 17.5 Å². The lowest BCUT2D eigenvalue weighted by atomic mass is 9.90. The normalized spacial score (nSPS) is 14.6. The van der Waals surface area contributed by atoms with Crippen LogP contribution in [-0.4, -0.2) is 13.2 Å². The third-order valence-corrected chi connectivity index (χ3v) is 3.12. The average molecular weight is 235 g/mol. The smallest absolute Gasteiger partial charge is 0.0486 e. The Hall–Kier alpha value is -0.860. The van der Waals surface area contributed by atoms with Crippen LogP contribution in [-0.2, 0) is 10.3 Å². The first-order valence-corrected chi connectivity index (χ1v) is 6.50. The van der Waals surface area contributed by atoms with Crippen molar-refractivity contribution < 1.29 is 4.74 Å². The number of hydrogen-bond acceptors (Lipinski definition) is 2. The summed E-state index contributed by atoms with van der Waals surface area (Å²) in [7, 11) is 0. The van der Waals surface area contributed by atoms with Crippen LogP contribution >= 0.6 is 0 Å². The molecule has 17 heavy (non-hydrogen) atoms. The number of nitrogens with two attached hydrogens (primary N) is 1.